The SMILES string of the molecule is CNc1c(Nc2ccc(Cl)c3c2C(=O)N(c2nc(OC)ccc2C(=O)O)C3)c(=O)c1=O. The number of hydrogen-bond donors (Lipinski definition) is 3. The third kappa shape index (κ3) is 3.08. The lowest BCUT2D eigenvalue weighted by Crippen LogP contribution is -2.36. The van der Waals surface area contributed by atoms with Crippen LogP contribution in [0.5, 0.6) is 5.88 Å². The van der Waals surface area contributed by atoms with Gasteiger partial charge in [-0.1, -0.05) is 11.6 Å². The molecular weight excluding hydrogens is 428 g/mol. The second kappa shape index (κ2) is 7.40. The number of carbonyl (C=O) groups is 2. The first-order chi connectivity index (χ1) is 14.8. The predicted molar refractivity (Wildman–Crippen MR) is 114 cm³/mol. The number of aromatic carboxylic acids is 1. The van der Waals surface area contributed by atoms with Crippen LogP contribution in [0.25, 0.3) is 0 Å². The van der Waals surface area contributed by atoms with Gasteiger partial charge >= 0.3 is 5.97 Å². The molecule has 1 aromatic heterocycles. The number of pyridine rings is 1. The average Bonchev–Trinajstić information content (AvgIpc) is 3.12. The number of benzene rings is 1. The maximum absolute atomic E-state index is 13.3. The van der Waals surface area contributed by atoms with Crippen LogP contribution < -0.4 is 31.1 Å². The van der Waals surface area contributed by atoms with Crippen molar-refractivity contribution in [1.82, 2.24) is 4.98 Å². The molecule has 1 aliphatic rings. The van der Waals surface area contributed by atoms with E-state index in [1.807, 2.05) is 0 Å². The van der Waals surface area contributed by atoms with Crippen molar-refractivity contribution in [2.45, 2.75) is 6.54 Å². The molecule has 2 heterocycles. The van der Waals surface area contributed by atoms with Crippen LogP contribution in [0.3, 0.4) is 0 Å². The van der Waals surface area contributed by atoms with Crippen molar-refractivity contribution in [2.24, 2.45) is 0 Å². The van der Waals surface area contributed by atoms with E-state index in [2.05, 4.69) is 15.6 Å². The van der Waals surface area contributed by atoms with Gasteiger partial charge in [-0.05, 0) is 18.2 Å². The highest BCUT2D eigenvalue weighted by Gasteiger charge is 2.36. The third-order valence-electron chi connectivity index (χ3n) is 5.00. The summed E-state index contributed by atoms with van der Waals surface area (Å²) < 4.78 is 5.07. The van der Waals surface area contributed by atoms with E-state index in [1.165, 1.54) is 37.3 Å². The molecule has 0 aliphatic carbocycles. The van der Waals surface area contributed by atoms with E-state index >= 15 is 0 Å². The van der Waals surface area contributed by atoms with Gasteiger partial charge in [0.25, 0.3) is 16.8 Å². The normalized spacial score (nSPS) is 12.7. The standard InChI is InChI=1S/C20H15ClN4O6/c1-22-14-15(17(27)16(14)26)23-11-5-4-10(21)9-7-25(19(28)13(9)11)18-8(20(29)30)3-6-12(24-18)31-2/h3-6,22-23H,7H2,1-2H3,(H,29,30). The lowest BCUT2D eigenvalue weighted by molar-refractivity contribution is 0.0697. The van der Waals surface area contributed by atoms with E-state index in [9.17, 15) is 24.3 Å². The topological polar surface area (TPSA) is 138 Å². The molecule has 0 bridgehead atoms. The van der Waals surface area contributed by atoms with Gasteiger partial charge in [0.1, 0.15) is 16.9 Å². The Morgan fingerprint density at radius 2 is 1.87 bits per heavy atom. The highest BCUT2D eigenvalue weighted by atomic mass is 35.5. The van der Waals surface area contributed by atoms with Crippen LogP contribution in [-0.2, 0) is 6.54 Å². The van der Waals surface area contributed by atoms with Gasteiger partial charge in [-0.2, -0.15) is 4.98 Å². The number of ether oxygens (including phenoxy) is 1. The third-order valence-corrected chi connectivity index (χ3v) is 5.35. The number of fused-ring (bicyclic) bond motifs is 1. The molecule has 0 spiro atoms. The molecule has 11 heteroatoms. The Kier molecular flexibility index (Phi) is 4.86. The van der Waals surface area contributed by atoms with Crippen molar-refractivity contribution in [1.29, 1.82) is 0 Å². The van der Waals surface area contributed by atoms with Crippen LogP contribution in [0.1, 0.15) is 26.3 Å². The van der Waals surface area contributed by atoms with Crippen LogP contribution in [0.15, 0.2) is 33.9 Å². The molecule has 2 aromatic carbocycles. The number of carbonyl (C=O) groups excluding carboxylic acids is 1. The summed E-state index contributed by atoms with van der Waals surface area (Å²) in [5.41, 5.74) is -0.561. The summed E-state index contributed by atoms with van der Waals surface area (Å²) in [6.07, 6.45) is 0. The zero-order valence-corrected chi connectivity index (χ0v) is 17.0. The second-order valence-corrected chi connectivity index (χ2v) is 7.06. The molecule has 0 unspecified atom stereocenters. The maximum Gasteiger partial charge on any atom is 0.339 e. The van der Waals surface area contributed by atoms with Gasteiger partial charge < -0.3 is 20.5 Å². The summed E-state index contributed by atoms with van der Waals surface area (Å²) in [6.45, 7) is -0.0340. The highest BCUT2D eigenvalue weighted by Crippen LogP contribution is 2.39. The van der Waals surface area contributed by atoms with Crippen LogP contribution in [0.2, 0.25) is 5.02 Å². The number of anilines is 4. The van der Waals surface area contributed by atoms with E-state index in [1.54, 1.807) is 6.07 Å². The molecule has 158 valence electrons. The molecule has 3 N–H and O–H groups in total. The smallest absolute Gasteiger partial charge is 0.339 e. The Labute approximate surface area is 179 Å². The molecule has 4 rings (SSSR count). The highest BCUT2D eigenvalue weighted by molar-refractivity contribution is 6.33. The van der Waals surface area contributed by atoms with E-state index < -0.39 is 22.7 Å². The molecule has 1 aliphatic heterocycles. The Bertz CT molecular complexity index is 1330. The van der Waals surface area contributed by atoms with Gasteiger partial charge in [0.15, 0.2) is 5.82 Å². The predicted octanol–water partition coefficient (Wildman–Crippen LogP) is 1.98. The van der Waals surface area contributed by atoms with Crippen LogP contribution in [-0.4, -0.2) is 36.1 Å². The Balaban J connectivity index is 1.80. The summed E-state index contributed by atoms with van der Waals surface area (Å²) in [4.78, 5) is 53.9. The molecule has 0 saturated heterocycles. The summed E-state index contributed by atoms with van der Waals surface area (Å²) in [6, 6.07) is 5.73. The summed E-state index contributed by atoms with van der Waals surface area (Å²) in [5.74, 6) is -1.79. The Hall–Kier alpha value is -3.92. The average molecular weight is 443 g/mol. The molecule has 31 heavy (non-hydrogen) atoms. The van der Waals surface area contributed by atoms with Gasteiger partial charge in [-0.25, -0.2) is 4.79 Å². The van der Waals surface area contributed by atoms with Gasteiger partial charge in [-0.15, -0.1) is 0 Å². The van der Waals surface area contributed by atoms with Crippen molar-refractivity contribution < 1.29 is 19.4 Å². The number of rotatable bonds is 6. The molecular formula is C20H15ClN4O6. The zero-order valence-electron chi connectivity index (χ0n) is 16.3. The van der Waals surface area contributed by atoms with Gasteiger partial charge in [0.05, 0.1) is 24.9 Å². The minimum absolute atomic E-state index is 0.0340. The van der Waals surface area contributed by atoms with E-state index in [-0.39, 0.29) is 51.5 Å². The zero-order chi connectivity index (χ0) is 22.4. The Morgan fingerprint density at radius 3 is 2.52 bits per heavy atom. The van der Waals surface area contributed by atoms with E-state index in [0.29, 0.717) is 5.56 Å². The van der Waals surface area contributed by atoms with Crippen molar-refractivity contribution in [3.63, 3.8) is 0 Å². The van der Waals surface area contributed by atoms with Crippen molar-refractivity contribution >= 4 is 46.4 Å². The number of hydrogen-bond acceptors (Lipinski definition) is 8. The number of carboxylic acid groups (broad SMARTS) is 1. The van der Waals surface area contributed by atoms with Crippen molar-refractivity contribution in [3.8, 4) is 5.88 Å². The second-order valence-electron chi connectivity index (χ2n) is 6.65. The van der Waals surface area contributed by atoms with Crippen LogP contribution >= 0.6 is 11.6 Å². The maximum atomic E-state index is 13.3. The summed E-state index contributed by atoms with van der Waals surface area (Å²) in [7, 11) is 2.87. The summed E-state index contributed by atoms with van der Waals surface area (Å²) in [5, 5.41) is 15.3. The van der Waals surface area contributed by atoms with Gasteiger partial charge in [-0.3, -0.25) is 19.3 Å². The lowest BCUT2D eigenvalue weighted by Gasteiger charge is -2.18. The van der Waals surface area contributed by atoms with Crippen molar-refractivity contribution in [3.05, 3.63) is 66.4 Å². The number of nitrogens with one attached hydrogen (secondary N) is 2. The van der Waals surface area contributed by atoms with Gasteiger partial charge in [0.2, 0.25) is 5.88 Å². The molecule has 1 amide bonds. The first kappa shape index (κ1) is 20.4. The number of amides is 1. The monoisotopic (exact) mass is 442 g/mol. The molecule has 3 aromatic rings. The molecule has 0 radical (unpaired) electrons. The lowest BCUT2D eigenvalue weighted by atomic mass is 10.1. The summed E-state index contributed by atoms with van der Waals surface area (Å²) >= 11 is 6.30. The van der Waals surface area contributed by atoms with Gasteiger partial charge in [0, 0.05) is 23.7 Å². The molecule has 0 saturated carbocycles. The number of methoxy groups -OCH3 is 1. The molecule has 0 atom stereocenters. The van der Waals surface area contributed by atoms with Crippen LogP contribution in [0, 0.1) is 0 Å². The van der Waals surface area contributed by atoms with E-state index in [0.717, 1.165) is 0 Å². The van der Waals surface area contributed by atoms with Crippen molar-refractivity contribution in [2.75, 3.05) is 29.7 Å². The molecule has 10 nitrogen and oxygen atoms in total. The fourth-order valence-corrected chi connectivity index (χ4v) is 3.68. The largest absolute Gasteiger partial charge is 0.481 e. The minimum atomic E-state index is -1.26. The number of aromatic nitrogens is 1. The first-order valence-corrected chi connectivity index (χ1v) is 9.35. The van der Waals surface area contributed by atoms with Crippen LogP contribution in [0.4, 0.5) is 22.9 Å². The number of nitrogens with zero attached hydrogens (tertiary/aromatic N) is 2. The quantitative estimate of drug-likeness (QED) is 0.489. The first-order valence-electron chi connectivity index (χ1n) is 8.98. The number of carboxylic acids is 1. The molecule has 0 fully saturated rings. The fourth-order valence-electron chi connectivity index (χ4n) is 3.46. The fraction of sp³-hybridized carbons (Fsp3) is 0.150. The minimum Gasteiger partial charge on any atom is -0.481 e. The number of halogens is 1. The van der Waals surface area contributed by atoms with E-state index in [4.69, 9.17) is 16.3 Å². The Morgan fingerprint density at radius 1 is 1.16 bits per heavy atom.